The van der Waals surface area contributed by atoms with Gasteiger partial charge in [-0.3, -0.25) is 9.59 Å². The van der Waals surface area contributed by atoms with Crippen molar-refractivity contribution in [2.24, 2.45) is 5.92 Å². The highest BCUT2D eigenvalue weighted by atomic mass is 32.2. The SMILES string of the molecule is CCOC(=O)CCCCCCC1C(=O)CCC1SCC(O)Cc1ccccc1. The lowest BCUT2D eigenvalue weighted by molar-refractivity contribution is -0.143. The van der Waals surface area contributed by atoms with E-state index in [1.165, 1.54) is 0 Å². The smallest absolute Gasteiger partial charge is 0.305 e. The maximum atomic E-state index is 12.3. The largest absolute Gasteiger partial charge is 0.466 e. The minimum Gasteiger partial charge on any atom is -0.466 e. The predicted octanol–water partition coefficient (Wildman–Crippen LogP) is 4.57. The van der Waals surface area contributed by atoms with E-state index in [-0.39, 0.29) is 18.0 Å². The van der Waals surface area contributed by atoms with E-state index in [9.17, 15) is 14.7 Å². The van der Waals surface area contributed by atoms with Crippen LogP contribution in [0, 0.1) is 5.92 Å². The molecule has 0 spiro atoms. The first-order valence-electron chi connectivity index (χ1n) is 10.6. The highest BCUT2D eigenvalue weighted by Gasteiger charge is 2.34. The van der Waals surface area contributed by atoms with Crippen LogP contribution in [0.3, 0.4) is 0 Å². The van der Waals surface area contributed by atoms with Crippen molar-refractivity contribution >= 4 is 23.5 Å². The lowest BCUT2D eigenvalue weighted by Crippen LogP contribution is -2.21. The van der Waals surface area contributed by atoms with Gasteiger partial charge in [0.1, 0.15) is 5.78 Å². The number of hydrogen-bond donors (Lipinski definition) is 1. The van der Waals surface area contributed by atoms with Gasteiger partial charge in [-0.2, -0.15) is 11.8 Å². The molecule has 3 unspecified atom stereocenters. The number of esters is 1. The molecule has 0 bridgehead atoms. The number of Topliss-reactive ketones (excluding diaryl/α,β-unsaturated/α-hetero) is 1. The Morgan fingerprint density at radius 3 is 2.71 bits per heavy atom. The molecule has 0 heterocycles. The highest BCUT2D eigenvalue weighted by Crippen LogP contribution is 2.36. The molecule has 156 valence electrons. The summed E-state index contributed by atoms with van der Waals surface area (Å²) >= 11 is 1.77. The van der Waals surface area contributed by atoms with E-state index in [1.54, 1.807) is 11.8 Å². The van der Waals surface area contributed by atoms with Gasteiger partial charge in [-0.15, -0.1) is 0 Å². The van der Waals surface area contributed by atoms with Crippen LogP contribution in [-0.2, 0) is 20.7 Å². The molecule has 4 nitrogen and oxygen atoms in total. The number of thioether (sulfide) groups is 1. The normalized spacial score (nSPS) is 20.3. The highest BCUT2D eigenvalue weighted by molar-refractivity contribution is 8.00. The number of ketones is 1. The van der Waals surface area contributed by atoms with Crippen LogP contribution in [0.15, 0.2) is 30.3 Å². The van der Waals surface area contributed by atoms with E-state index in [1.807, 2.05) is 37.3 Å². The molecule has 2 rings (SSSR count). The lowest BCUT2D eigenvalue weighted by atomic mass is 9.98. The van der Waals surface area contributed by atoms with E-state index < -0.39 is 0 Å². The lowest BCUT2D eigenvalue weighted by Gasteiger charge is -2.20. The average molecular weight is 407 g/mol. The van der Waals surface area contributed by atoms with Gasteiger partial charge in [0.05, 0.1) is 12.7 Å². The average Bonchev–Trinajstić information content (AvgIpc) is 3.03. The molecule has 0 saturated heterocycles. The van der Waals surface area contributed by atoms with Crippen molar-refractivity contribution < 1.29 is 19.4 Å². The van der Waals surface area contributed by atoms with Crippen molar-refractivity contribution in [3.8, 4) is 0 Å². The Labute approximate surface area is 173 Å². The van der Waals surface area contributed by atoms with Gasteiger partial charge in [-0.05, 0) is 38.2 Å². The monoisotopic (exact) mass is 406 g/mol. The third-order valence-corrected chi connectivity index (χ3v) is 6.88. The number of unbranched alkanes of at least 4 members (excludes halogenated alkanes) is 3. The second-order valence-corrected chi connectivity index (χ2v) is 8.86. The van der Waals surface area contributed by atoms with Gasteiger partial charge in [0.2, 0.25) is 0 Å². The van der Waals surface area contributed by atoms with Crippen LogP contribution in [0.5, 0.6) is 0 Å². The standard InChI is InChI=1S/C23H34O4S/c1-2-27-23(26)13-9-4-3-8-12-20-21(25)14-15-22(20)28-17-19(24)16-18-10-6-5-7-11-18/h5-7,10-11,19-20,22,24H,2-4,8-9,12-17H2,1H3. The van der Waals surface area contributed by atoms with Crippen LogP contribution in [0.4, 0.5) is 0 Å². The zero-order valence-corrected chi connectivity index (χ0v) is 17.8. The Morgan fingerprint density at radius 1 is 1.21 bits per heavy atom. The van der Waals surface area contributed by atoms with Gasteiger partial charge >= 0.3 is 5.97 Å². The summed E-state index contributed by atoms with van der Waals surface area (Å²) in [6.45, 7) is 2.27. The van der Waals surface area contributed by atoms with Gasteiger partial charge < -0.3 is 9.84 Å². The fourth-order valence-electron chi connectivity index (χ4n) is 3.82. The molecule has 1 saturated carbocycles. The van der Waals surface area contributed by atoms with Crippen molar-refractivity contribution in [2.45, 2.75) is 76.1 Å². The van der Waals surface area contributed by atoms with Crippen molar-refractivity contribution in [1.29, 1.82) is 0 Å². The van der Waals surface area contributed by atoms with E-state index >= 15 is 0 Å². The predicted molar refractivity (Wildman–Crippen MR) is 114 cm³/mol. The Morgan fingerprint density at radius 2 is 1.96 bits per heavy atom. The molecule has 3 atom stereocenters. The quantitative estimate of drug-likeness (QED) is 0.384. The first kappa shape index (κ1) is 23.0. The molecule has 0 amide bonds. The summed E-state index contributed by atoms with van der Waals surface area (Å²) in [7, 11) is 0. The van der Waals surface area contributed by atoms with E-state index in [4.69, 9.17) is 4.74 Å². The van der Waals surface area contributed by atoms with Gasteiger partial charge in [0, 0.05) is 29.8 Å². The van der Waals surface area contributed by atoms with E-state index in [0.29, 0.717) is 42.7 Å². The molecule has 1 aromatic rings. The van der Waals surface area contributed by atoms with Crippen LogP contribution >= 0.6 is 11.8 Å². The van der Waals surface area contributed by atoms with Crippen molar-refractivity contribution in [3.05, 3.63) is 35.9 Å². The fraction of sp³-hybridized carbons (Fsp3) is 0.652. The number of benzene rings is 1. The molecular weight excluding hydrogens is 372 g/mol. The first-order chi connectivity index (χ1) is 13.6. The molecule has 28 heavy (non-hydrogen) atoms. The Balaban J connectivity index is 1.63. The number of aliphatic hydroxyl groups excluding tert-OH is 1. The fourth-order valence-corrected chi connectivity index (χ4v) is 5.22. The molecule has 0 aromatic heterocycles. The number of hydrogen-bond acceptors (Lipinski definition) is 5. The van der Waals surface area contributed by atoms with Gasteiger partial charge in [0.15, 0.2) is 0 Å². The minimum atomic E-state index is -0.369. The molecule has 5 heteroatoms. The van der Waals surface area contributed by atoms with Gasteiger partial charge in [-0.25, -0.2) is 0 Å². The molecule has 0 radical (unpaired) electrons. The third-order valence-electron chi connectivity index (χ3n) is 5.31. The summed E-state index contributed by atoms with van der Waals surface area (Å²) < 4.78 is 4.93. The minimum absolute atomic E-state index is 0.112. The molecule has 1 aliphatic rings. The summed E-state index contributed by atoms with van der Waals surface area (Å²) in [5.41, 5.74) is 1.15. The molecule has 0 aliphatic heterocycles. The Kier molecular flexibility index (Phi) is 10.7. The Hall–Kier alpha value is -1.33. The number of rotatable bonds is 13. The summed E-state index contributed by atoms with van der Waals surface area (Å²) in [4.78, 5) is 23.6. The van der Waals surface area contributed by atoms with E-state index in [2.05, 4.69) is 0 Å². The zero-order valence-electron chi connectivity index (χ0n) is 17.0. The maximum absolute atomic E-state index is 12.3. The maximum Gasteiger partial charge on any atom is 0.305 e. The zero-order chi connectivity index (χ0) is 20.2. The topological polar surface area (TPSA) is 63.6 Å². The molecule has 1 aromatic carbocycles. The molecule has 1 fully saturated rings. The van der Waals surface area contributed by atoms with Crippen molar-refractivity contribution in [3.63, 3.8) is 0 Å². The summed E-state index contributed by atoms with van der Waals surface area (Å²) in [5.74, 6) is 1.10. The Bertz CT molecular complexity index is 590. The van der Waals surface area contributed by atoms with E-state index in [0.717, 1.165) is 44.1 Å². The number of carbonyl (C=O) groups is 2. The van der Waals surface area contributed by atoms with Crippen LogP contribution in [-0.4, -0.2) is 40.6 Å². The molecule has 1 aliphatic carbocycles. The number of ether oxygens (including phenoxy) is 1. The van der Waals surface area contributed by atoms with Gasteiger partial charge in [-0.1, -0.05) is 49.6 Å². The summed E-state index contributed by atoms with van der Waals surface area (Å²) in [6, 6.07) is 10.0. The third kappa shape index (κ3) is 8.36. The van der Waals surface area contributed by atoms with Crippen molar-refractivity contribution in [2.75, 3.05) is 12.4 Å². The van der Waals surface area contributed by atoms with Crippen LogP contribution < -0.4 is 0 Å². The number of carbonyl (C=O) groups excluding carboxylic acids is 2. The second-order valence-electron chi connectivity index (χ2n) is 7.58. The second kappa shape index (κ2) is 13.0. The van der Waals surface area contributed by atoms with Gasteiger partial charge in [0.25, 0.3) is 0 Å². The van der Waals surface area contributed by atoms with Crippen LogP contribution in [0.1, 0.15) is 63.9 Å². The number of aliphatic hydroxyl groups is 1. The first-order valence-corrected chi connectivity index (χ1v) is 11.7. The summed E-state index contributed by atoms with van der Waals surface area (Å²) in [5, 5.41) is 10.7. The summed E-state index contributed by atoms with van der Waals surface area (Å²) in [6.07, 6.45) is 7.30. The molecular formula is C23H34O4S. The molecule has 1 N–H and O–H groups in total. The van der Waals surface area contributed by atoms with Crippen LogP contribution in [0.25, 0.3) is 0 Å². The van der Waals surface area contributed by atoms with Crippen LogP contribution in [0.2, 0.25) is 0 Å². The van der Waals surface area contributed by atoms with Crippen molar-refractivity contribution in [1.82, 2.24) is 0 Å².